The van der Waals surface area contributed by atoms with Crippen molar-refractivity contribution in [3.63, 3.8) is 0 Å². The molecule has 1 amide bonds. The fourth-order valence-corrected chi connectivity index (χ4v) is 0.450. The van der Waals surface area contributed by atoms with Gasteiger partial charge in [-0.3, -0.25) is 4.79 Å². The van der Waals surface area contributed by atoms with Crippen molar-refractivity contribution in [2.45, 2.75) is 0 Å². The Morgan fingerprint density at radius 3 is 2.64 bits per heavy atom. The van der Waals surface area contributed by atoms with Gasteiger partial charge in [-0.25, -0.2) is 4.79 Å². The van der Waals surface area contributed by atoms with Crippen molar-refractivity contribution in [3.8, 4) is 0 Å². The number of nitrogens with one attached hydrogen (secondary N) is 1. The molecule has 0 aliphatic rings. The lowest BCUT2D eigenvalue weighted by Crippen LogP contribution is -2.30. The zero-order valence-electron chi connectivity index (χ0n) is 5.93. The highest BCUT2D eigenvalue weighted by Gasteiger charge is 2.04. The van der Waals surface area contributed by atoms with Crippen LogP contribution in [0.5, 0.6) is 0 Å². The standard InChI is InChI=1S/C5H8ClNO4/c1-10-5(9)7-2-4(8)11-3-6/h2-3H2,1H3,(H,7,9). The Bertz CT molecular complexity index is 149. The SMILES string of the molecule is COC(=O)NCC(=O)OCCl. The second-order valence-corrected chi connectivity index (χ2v) is 1.69. The summed E-state index contributed by atoms with van der Waals surface area (Å²) in [6, 6.07) is -0.221. The lowest BCUT2D eigenvalue weighted by molar-refractivity contribution is -0.140. The molecule has 0 spiro atoms. The minimum Gasteiger partial charge on any atom is -0.453 e. The monoisotopic (exact) mass is 181 g/mol. The number of amides is 1. The summed E-state index contributed by atoms with van der Waals surface area (Å²) < 4.78 is 8.48. The third kappa shape index (κ3) is 5.47. The van der Waals surface area contributed by atoms with Gasteiger partial charge in [0.25, 0.3) is 0 Å². The average Bonchev–Trinajstić information content (AvgIpc) is 2.01. The molecule has 0 saturated heterocycles. The number of alkyl carbamates (subject to hydrolysis) is 1. The number of ether oxygens (including phenoxy) is 2. The second-order valence-electron chi connectivity index (χ2n) is 1.47. The van der Waals surface area contributed by atoms with E-state index in [0.717, 1.165) is 0 Å². The van der Waals surface area contributed by atoms with Crippen LogP contribution in [0.1, 0.15) is 0 Å². The van der Waals surface area contributed by atoms with Gasteiger partial charge >= 0.3 is 12.1 Å². The minimum absolute atomic E-state index is 0.221. The largest absolute Gasteiger partial charge is 0.453 e. The van der Waals surface area contributed by atoms with Crippen molar-refractivity contribution in [1.29, 1.82) is 0 Å². The number of hydrogen-bond acceptors (Lipinski definition) is 4. The Morgan fingerprint density at radius 2 is 2.18 bits per heavy atom. The van der Waals surface area contributed by atoms with Crippen LogP contribution in [0.15, 0.2) is 0 Å². The first-order valence-corrected chi connectivity index (χ1v) is 3.27. The van der Waals surface area contributed by atoms with Crippen LogP contribution in [0.2, 0.25) is 0 Å². The van der Waals surface area contributed by atoms with E-state index in [1.807, 2.05) is 0 Å². The van der Waals surface area contributed by atoms with Crippen molar-refractivity contribution in [1.82, 2.24) is 5.32 Å². The van der Waals surface area contributed by atoms with Crippen LogP contribution in [0, 0.1) is 0 Å². The molecule has 0 aromatic rings. The highest BCUT2D eigenvalue weighted by atomic mass is 35.5. The summed E-state index contributed by atoms with van der Waals surface area (Å²) in [5, 5.41) is 2.12. The van der Waals surface area contributed by atoms with Gasteiger partial charge in [-0.1, -0.05) is 11.6 Å². The first-order valence-electron chi connectivity index (χ1n) is 2.74. The van der Waals surface area contributed by atoms with Gasteiger partial charge in [0, 0.05) is 0 Å². The van der Waals surface area contributed by atoms with Crippen LogP contribution in [0.3, 0.4) is 0 Å². The predicted octanol–water partition coefficient (Wildman–Crippen LogP) is 0.0819. The first-order chi connectivity index (χ1) is 5.20. The quantitative estimate of drug-likeness (QED) is 0.495. The molecular formula is C5H8ClNO4. The molecule has 11 heavy (non-hydrogen) atoms. The number of alkyl halides is 1. The second kappa shape index (κ2) is 5.79. The molecule has 6 heteroatoms. The molecule has 0 saturated carbocycles. The van der Waals surface area contributed by atoms with E-state index in [1.165, 1.54) is 7.11 Å². The average molecular weight is 182 g/mol. The molecule has 0 aromatic carbocycles. The van der Waals surface area contributed by atoms with E-state index in [1.54, 1.807) is 0 Å². The first kappa shape index (κ1) is 10.0. The summed E-state index contributed by atoms with van der Waals surface area (Å²) in [4.78, 5) is 20.8. The molecule has 0 aromatic heterocycles. The van der Waals surface area contributed by atoms with Crippen LogP contribution in [-0.4, -0.2) is 31.8 Å². The third-order valence-corrected chi connectivity index (χ3v) is 0.887. The maximum atomic E-state index is 10.5. The lowest BCUT2D eigenvalue weighted by Gasteiger charge is -2.01. The van der Waals surface area contributed by atoms with E-state index in [4.69, 9.17) is 11.6 Å². The summed E-state index contributed by atoms with van der Waals surface area (Å²) in [5.41, 5.74) is 0. The van der Waals surface area contributed by atoms with Gasteiger partial charge in [-0.15, -0.1) is 0 Å². The summed E-state index contributed by atoms with van der Waals surface area (Å²) in [5.74, 6) is -0.606. The molecule has 64 valence electrons. The summed E-state index contributed by atoms with van der Waals surface area (Å²) in [6.45, 7) is -0.237. The van der Waals surface area contributed by atoms with Crippen LogP contribution in [0.4, 0.5) is 4.79 Å². The maximum absolute atomic E-state index is 10.5. The topological polar surface area (TPSA) is 64.6 Å². The summed E-state index contributed by atoms with van der Waals surface area (Å²) >= 11 is 5.06. The van der Waals surface area contributed by atoms with Gasteiger partial charge in [-0.2, -0.15) is 0 Å². The molecule has 5 nitrogen and oxygen atoms in total. The summed E-state index contributed by atoms with van der Waals surface area (Å²) in [6.07, 6.45) is -0.684. The lowest BCUT2D eigenvalue weighted by atomic mass is 10.6. The molecule has 0 radical (unpaired) electrons. The molecule has 1 N–H and O–H groups in total. The Kier molecular flexibility index (Phi) is 5.28. The molecule has 0 aliphatic carbocycles. The molecular weight excluding hydrogens is 174 g/mol. The van der Waals surface area contributed by atoms with Crippen molar-refractivity contribution in [2.24, 2.45) is 0 Å². The maximum Gasteiger partial charge on any atom is 0.407 e. The highest BCUT2D eigenvalue weighted by molar-refractivity contribution is 6.17. The minimum atomic E-state index is -0.684. The van der Waals surface area contributed by atoms with Crippen LogP contribution >= 0.6 is 11.6 Å². The Labute approximate surface area is 68.6 Å². The molecule has 0 unspecified atom stereocenters. The Morgan fingerprint density at radius 1 is 1.55 bits per heavy atom. The fraction of sp³-hybridized carbons (Fsp3) is 0.600. The van der Waals surface area contributed by atoms with E-state index in [9.17, 15) is 9.59 Å². The van der Waals surface area contributed by atoms with E-state index in [0.29, 0.717) is 0 Å². The van der Waals surface area contributed by atoms with Crippen LogP contribution < -0.4 is 5.32 Å². The predicted molar refractivity (Wildman–Crippen MR) is 37.2 cm³/mol. The molecule has 0 fully saturated rings. The third-order valence-electron chi connectivity index (χ3n) is 0.778. The van der Waals surface area contributed by atoms with Gasteiger partial charge in [0.2, 0.25) is 0 Å². The molecule has 0 atom stereocenters. The van der Waals surface area contributed by atoms with Gasteiger partial charge in [-0.05, 0) is 0 Å². The molecule has 0 bridgehead atoms. The number of hydrogen-bond donors (Lipinski definition) is 1. The van der Waals surface area contributed by atoms with E-state index in [-0.39, 0.29) is 12.6 Å². The molecule has 0 rings (SSSR count). The van der Waals surface area contributed by atoms with Gasteiger partial charge < -0.3 is 14.8 Å². The number of halogens is 1. The zero-order chi connectivity index (χ0) is 8.69. The van der Waals surface area contributed by atoms with Crippen molar-refractivity contribution < 1.29 is 19.1 Å². The van der Waals surface area contributed by atoms with E-state index in [2.05, 4.69) is 14.8 Å². The van der Waals surface area contributed by atoms with E-state index < -0.39 is 12.1 Å². The van der Waals surface area contributed by atoms with Crippen molar-refractivity contribution >= 4 is 23.7 Å². The van der Waals surface area contributed by atoms with Crippen molar-refractivity contribution in [2.75, 3.05) is 19.7 Å². The highest BCUT2D eigenvalue weighted by Crippen LogP contribution is 1.80. The van der Waals surface area contributed by atoms with Crippen molar-refractivity contribution in [3.05, 3.63) is 0 Å². The normalized spacial score (nSPS) is 8.55. The number of carbonyl (C=O) groups excluding carboxylic acids is 2. The van der Waals surface area contributed by atoms with E-state index >= 15 is 0 Å². The smallest absolute Gasteiger partial charge is 0.407 e. The number of rotatable bonds is 3. The Balaban J connectivity index is 3.38. The van der Waals surface area contributed by atoms with Gasteiger partial charge in [0.1, 0.15) is 6.54 Å². The zero-order valence-corrected chi connectivity index (χ0v) is 6.68. The summed E-state index contributed by atoms with van der Waals surface area (Å²) in [7, 11) is 1.20. The fourth-order valence-electron chi connectivity index (χ4n) is 0.328. The van der Waals surface area contributed by atoms with Gasteiger partial charge in [0.05, 0.1) is 7.11 Å². The molecule has 0 heterocycles. The number of carbonyl (C=O) groups is 2. The van der Waals surface area contributed by atoms with Crippen LogP contribution in [0.25, 0.3) is 0 Å². The van der Waals surface area contributed by atoms with Gasteiger partial charge in [0.15, 0.2) is 6.07 Å². The Hall–Kier alpha value is -0.970. The number of methoxy groups -OCH3 is 1. The molecule has 0 aliphatic heterocycles. The number of esters is 1. The van der Waals surface area contributed by atoms with Crippen LogP contribution in [-0.2, 0) is 14.3 Å².